The zero-order valence-corrected chi connectivity index (χ0v) is 9.29. The third-order valence-corrected chi connectivity index (χ3v) is 2.14. The fraction of sp³-hybridized carbons (Fsp3) is 0.222. The van der Waals surface area contributed by atoms with Gasteiger partial charge in [0.05, 0.1) is 11.9 Å². The van der Waals surface area contributed by atoms with Crippen molar-refractivity contribution < 1.29 is 13.2 Å². The van der Waals surface area contributed by atoms with Crippen LogP contribution >= 0.6 is 11.6 Å². The van der Waals surface area contributed by atoms with E-state index >= 15 is 0 Å². The van der Waals surface area contributed by atoms with Gasteiger partial charge < -0.3 is 0 Å². The molecule has 4 nitrogen and oxygen atoms in total. The van der Waals surface area contributed by atoms with E-state index in [0.29, 0.717) is 5.56 Å². The maximum absolute atomic E-state index is 12.5. The van der Waals surface area contributed by atoms with Gasteiger partial charge in [0, 0.05) is 24.9 Å². The summed E-state index contributed by atoms with van der Waals surface area (Å²) in [6.45, 7) is 0. The van der Waals surface area contributed by atoms with E-state index in [9.17, 15) is 13.2 Å². The largest absolute Gasteiger partial charge is 0.451 e. The van der Waals surface area contributed by atoms with Crippen LogP contribution in [-0.2, 0) is 13.2 Å². The summed E-state index contributed by atoms with van der Waals surface area (Å²) < 4.78 is 38.8. The first kappa shape index (κ1) is 11.8. The van der Waals surface area contributed by atoms with Gasteiger partial charge in [-0.2, -0.15) is 18.3 Å². The Morgan fingerprint density at radius 2 is 2.00 bits per heavy atom. The Morgan fingerprint density at radius 3 is 2.53 bits per heavy atom. The van der Waals surface area contributed by atoms with Gasteiger partial charge in [0.25, 0.3) is 0 Å². The highest BCUT2D eigenvalue weighted by atomic mass is 35.5. The van der Waals surface area contributed by atoms with E-state index in [1.54, 1.807) is 13.2 Å². The zero-order valence-electron chi connectivity index (χ0n) is 8.53. The van der Waals surface area contributed by atoms with Gasteiger partial charge >= 0.3 is 6.18 Å². The second kappa shape index (κ2) is 3.99. The number of hydrogen-bond acceptors (Lipinski definition) is 3. The standard InChI is InChI=1S/C9H6ClF3N4/c1-17-4-5(3-14-17)6-2-7(10)16-8(15-6)9(11,12)13/h2-4H,1H3. The van der Waals surface area contributed by atoms with E-state index in [1.165, 1.54) is 16.9 Å². The monoisotopic (exact) mass is 262 g/mol. The molecular formula is C9H6ClF3N4. The third-order valence-electron chi connectivity index (χ3n) is 1.95. The normalized spacial score (nSPS) is 11.8. The smallest absolute Gasteiger partial charge is 0.275 e. The first-order chi connectivity index (χ1) is 7.86. The highest BCUT2D eigenvalue weighted by molar-refractivity contribution is 6.29. The van der Waals surface area contributed by atoms with Crippen molar-refractivity contribution >= 4 is 11.6 Å². The van der Waals surface area contributed by atoms with Crippen molar-refractivity contribution in [1.29, 1.82) is 0 Å². The maximum atomic E-state index is 12.5. The number of halogens is 4. The van der Waals surface area contributed by atoms with Crippen LogP contribution < -0.4 is 0 Å². The van der Waals surface area contributed by atoms with E-state index in [2.05, 4.69) is 15.1 Å². The first-order valence-corrected chi connectivity index (χ1v) is 4.85. The van der Waals surface area contributed by atoms with Crippen LogP contribution in [0.25, 0.3) is 11.3 Å². The van der Waals surface area contributed by atoms with Gasteiger partial charge in [0.2, 0.25) is 5.82 Å². The number of hydrogen-bond donors (Lipinski definition) is 0. The molecule has 0 aliphatic carbocycles. The van der Waals surface area contributed by atoms with Gasteiger partial charge in [-0.1, -0.05) is 11.6 Å². The second-order valence-corrected chi connectivity index (χ2v) is 3.69. The molecule has 2 aromatic rings. The lowest BCUT2D eigenvalue weighted by Gasteiger charge is -2.06. The zero-order chi connectivity index (χ0) is 12.6. The molecule has 0 bridgehead atoms. The molecule has 0 fully saturated rings. The molecule has 0 saturated carbocycles. The summed E-state index contributed by atoms with van der Waals surface area (Å²) in [5.74, 6) is -1.26. The van der Waals surface area contributed by atoms with Gasteiger partial charge in [-0.05, 0) is 0 Å². The summed E-state index contributed by atoms with van der Waals surface area (Å²) in [7, 11) is 1.65. The number of nitrogens with zero attached hydrogens (tertiary/aromatic N) is 4. The molecule has 90 valence electrons. The Bertz CT molecular complexity index is 549. The van der Waals surface area contributed by atoms with Crippen LogP contribution in [0.4, 0.5) is 13.2 Å². The number of aryl methyl sites for hydroxylation is 1. The molecule has 17 heavy (non-hydrogen) atoms. The lowest BCUT2D eigenvalue weighted by atomic mass is 10.2. The quantitative estimate of drug-likeness (QED) is 0.742. The summed E-state index contributed by atoms with van der Waals surface area (Å²) in [5.41, 5.74) is 0.535. The van der Waals surface area contributed by atoms with E-state index in [0.717, 1.165) is 0 Å². The van der Waals surface area contributed by atoms with Crippen molar-refractivity contribution in [2.24, 2.45) is 7.05 Å². The van der Waals surface area contributed by atoms with Crippen molar-refractivity contribution in [3.05, 3.63) is 29.4 Å². The lowest BCUT2D eigenvalue weighted by Crippen LogP contribution is -2.11. The summed E-state index contributed by atoms with van der Waals surface area (Å²) in [6, 6.07) is 1.26. The lowest BCUT2D eigenvalue weighted by molar-refractivity contribution is -0.144. The van der Waals surface area contributed by atoms with Crippen LogP contribution in [0.1, 0.15) is 5.82 Å². The molecule has 0 atom stereocenters. The molecule has 0 unspecified atom stereocenters. The number of alkyl halides is 3. The summed E-state index contributed by atoms with van der Waals surface area (Å²) in [4.78, 5) is 6.55. The molecular weight excluding hydrogens is 257 g/mol. The Labute approximate surface area is 99.1 Å². The molecule has 0 aromatic carbocycles. The van der Waals surface area contributed by atoms with E-state index in [4.69, 9.17) is 11.6 Å². The topological polar surface area (TPSA) is 43.6 Å². The van der Waals surface area contributed by atoms with Gasteiger partial charge in [-0.3, -0.25) is 4.68 Å². The number of rotatable bonds is 1. The maximum Gasteiger partial charge on any atom is 0.451 e. The summed E-state index contributed by atoms with van der Waals surface area (Å²) >= 11 is 5.53. The van der Waals surface area contributed by atoms with Gasteiger partial charge in [-0.15, -0.1) is 0 Å². The van der Waals surface area contributed by atoms with Crippen LogP contribution in [0.3, 0.4) is 0 Å². The molecule has 0 saturated heterocycles. The van der Waals surface area contributed by atoms with Gasteiger partial charge in [-0.25, -0.2) is 9.97 Å². The Hall–Kier alpha value is -1.63. The van der Waals surface area contributed by atoms with E-state index in [-0.39, 0.29) is 10.8 Å². The Balaban J connectivity index is 2.52. The minimum atomic E-state index is -4.62. The fourth-order valence-corrected chi connectivity index (χ4v) is 1.43. The van der Waals surface area contributed by atoms with Crippen LogP contribution in [0.5, 0.6) is 0 Å². The van der Waals surface area contributed by atoms with Gasteiger partial charge in [0.1, 0.15) is 5.15 Å². The molecule has 2 heterocycles. The van der Waals surface area contributed by atoms with Crippen molar-refractivity contribution in [2.75, 3.05) is 0 Å². The SMILES string of the molecule is Cn1cc(-c2cc(Cl)nc(C(F)(F)F)n2)cn1. The van der Waals surface area contributed by atoms with Crippen LogP contribution in [0.15, 0.2) is 18.5 Å². The molecule has 0 N–H and O–H groups in total. The second-order valence-electron chi connectivity index (χ2n) is 3.30. The van der Waals surface area contributed by atoms with Crippen molar-refractivity contribution in [1.82, 2.24) is 19.7 Å². The molecule has 0 radical (unpaired) electrons. The molecule has 2 rings (SSSR count). The highest BCUT2D eigenvalue weighted by Crippen LogP contribution is 2.29. The van der Waals surface area contributed by atoms with Crippen molar-refractivity contribution in [2.45, 2.75) is 6.18 Å². The molecule has 0 aliphatic heterocycles. The number of aromatic nitrogens is 4. The van der Waals surface area contributed by atoms with E-state index in [1.807, 2.05) is 0 Å². The van der Waals surface area contributed by atoms with E-state index < -0.39 is 12.0 Å². The first-order valence-electron chi connectivity index (χ1n) is 4.47. The van der Waals surface area contributed by atoms with Crippen molar-refractivity contribution in [3.63, 3.8) is 0 Å². The summed E-state index contributed by atoms with van der Waals surface area (Å²) in [5, 5.41) is 3.59. The summed E-state index contributed by atoms with van der Waals surface area (Å²) in [6.07, 6.45) is -1.68. The molecule has 8 heteroatoms. The van der Waals surface area contributed by atoms with Crippen LogP contribution in [0.2, 0.25) is 5.15 Å². The van der Waals surface area contributed by atoms with Crippen molar-refractivity contribution in [3.8, 4) is 11.3 Å². The Kier molecular flexibility index (Phi) is 2.78. The van der Waals surface area contributed by atoms with Gasteiger partial charge in [0.15, 0.2) is 0 Å². The minimum Gasteiger partial charge on any atom is -0.275 e. The average Bonchev–Trinajstić information content (AvgIpc) is 2.62. The molecule has 0 amide bonds. The fourth-order valence-electron chi connectivity index (χ4n) is 1.25. The third kappa shape index (κ3) is 2.55. The minimum absolute atomic E-state index is 0.0884. The molecule has 0 aliphatic rings. The predicted molar refractivity (Wildman–Crippen MR) is 54.2 cm³/mol. The Morgan fingerprint density at radius 1 is 1.29 bits per heavy atom. The average molecular weight is 263 g/mol. The molecule has 2 aromatic heterocycles. The van der Waals surface area contributed by atoms with Crippen LogP contribution in [-0.4, -0.2) is 19.7 Å². The molecule has 0 spiro atoms. The highest BCUT2D eigenvalue weighted by Gasteiger charge is 2.35. The predicted octanol–water partition coefficient (Wildman–Crippen LogP) is 2.55. The van der Waals surface area contributed by atoms with Crippen LogP contribution in [0, 0.1) is 0 Å².